The van der Waals surface area contributed by atoms with Crippen LogP contribution < -0.4 is 0 Å². The highest BCUT2D eigenvalue weighted by Gasteiger charge is 2.14. The van der Waals surface area contributed by atoms with Gasteiger partial charge in [-0.3, -0.25) is 4.79 Å². The summed E-state index contributed by atoms with van der Waals surface area (Å²) in [5.41, 5.74) is 1.52. The van der Waals surface area contributed by atoms with Gasteiger partial charge in [0, 0.05) is 10.4 Å². The van der Waals surface area contributed by atoms with Crippen LogP contribution in [-0.4, -0.2) is 5.78 Å². The lowest BCUT2D eigenvalue weighted by Crippen LogP contribution is -2.00. The standard InChI is InChI=1S/C13H11FOS/c1-8-7-9(2)16-13(8)12(15)10-3-5-11(14)6-4-10/h3-7H,1-2H3. The molecule has 3 heteroatoms. The minimum atomic E-state index is -0.323. The number of carbonyl (C=O) groups is 1. The maximum absolute atomic E-state index is 12.7. The monoisotopic (exact) mass is 234 g/mol. The molecule has 0 aliphatic carbocycles. The third-order valence-electron chi connectivity index (χ3n) is 2.35. The molecule has 0 bridgehead atoms. The minimum Gasteiger partial charge on any atom is -0.288 e. The summed E-state index contributed by atoms with van der Waals surface area (Å²) in [5.74, 6) is -0.355. The van der Waals surface area contributed by atoms with E-state index in [1.165, 1.54) is 35.6 Å². The number of hydrogen-bond acceptors (Lipinski definition) is 2. The average Bonchev–Trinajstić information content (AvgIpc) is 2.58. The van der Waals surface area contributed by atoms with Crippen molar-refractivity contribution < 1.29 is 9.18 Å². The zero-order valence-electron chi connectivity index (χ0n) is 9.08. The molecule has 0 unspecified atom stereocenters. The van der Waals surface area contributed by atoms with Crippen molar-refractivity contribution in [3.63, 3.8) is 0 Å². The number of aryl methyl sites for hydroxylation is 2. The van der Waals surface area contributed by atoms with Gasteiger partial charge in [-0.2, -0.15) is 0 Å². The van der Waals surface area contributed by atoms with Crippen molar-refractivity contribution in [3.05, 3.63) is 57.0 Å². The summed E-state index contributed by atoms with van der Waals surface area (Å²) >= 11 is 1.48. The topological polar surface area (TPSA) is 17.1 Å². The van der Waals surface area contributed by atoms with Crippen LogP contribution in [0.25, 0.3) is 0 Å². The molecule has 0 N–H and O–H groups in total. The van der Waals surface area contributed by atoms with Crippen molar-refractivity contribution in [3.8, 4) is 0 Å². The maximum Gasteiger partial charge on any atom is 0.203 e. The molecule has 1 nitrogen and oxygen atoms in total. The van der Waals surface area contributed by atoms with Crippen molar-refractivity contribution in [2.75, 3.05) is 0 Å². The second-order valence-corrected chi connectivity index (χ2v) is 4.96. The molecular formula is C13H11FOS. The third-order valence-corrected chi connectivity index (χ3v) is 3.50. The van der Waals surface area contributed by atoms with Gasteiger partial charge in [-0.05, 0) is 49.7 Å². The Morgan fingerprint density at radius 3 is 2.31 bits per heavy atom. The summed E-state index contributed by atoms with van der Waals surface area (Å²) in [5, 5.41) is 0. The molecule has 2 aromatic rings. The summed E-state index contributed by atoms with van der Waals surface area (Å²) in [6, 6.07) is 7.64. The Labute approximate surface area is 97.6 Å². The van der Waals surface area contributed by atoms with E-state index >= 15 is 0 Å². The summed E-state index contributed by atoms with van der Waals surface area (Å²) in [7, 11) is 0. The van der Waals surface area contributed by atoms with Crippen LogP contribution >= 0.6 is 11.3 Å². The number of carbonyl (C=O) groups excluding carboxylic acids is 1. The molecule has 2 rings (SSSR count). The first kappa shape index (κ1) is 11.0. The fourth-order valence-corrected chi connectivity index (χ4v) is 2.59. The highest BCUT2D eigenvalue weighted by atomic mass is 32.1. The quantitative estimate of drug-likeness (QED) is 0.723. The molecule has 1 aromatic carbocycles. The van der Waals surface area contributed by atoms with E-state index in [-0.39, 0.29) is 11.6 Å². The third kappa shape index (κ3) is 2.04. The highest BCUT2D eigenvalue weighted by molar-refractivity contribution is 7.14. The van der Waals surface area contributed by atoms with E-state index < -0.39 is 0 Å². The molecule has 82 valence electrons. The normalized spacial score (nSPS) is 10.4. The summed E-state index contributed by atoms with van der Waals surface area (Å²) in [6.45, 7) is 3.89. The maximum atomic E-state index is 12.7. The smallest absolute Gasteiger partial charge is 0.203 e. The highest BCUT2D eigenvalue weighted by Crippen LogP contribution is 2.24. The van der Waals surface area contributed by atoms with Gasteiger partial charge < -0.3 is 0 Å². The molecule has 1 aromatic heterocycles. The Morgan fingerprint density at radius 2 is 1.81 bits per heavy atom. The van der Waals surface area contributed by atoms with Crippen molar-refractivity contribution in [1.82, 2.24) is 0 Å². The number of thiophene rings is 1. The Morgan fingerprint density at radius 1 is 1.19 bits per heavy atom. The Balaban J connectivity index is 2.39. The number of benzene rings is 1. The summed E-state index contributed by atoms with van der Waals surface area (Å²) < 4.78 is 12.7. The molecule has 0 aliphatic rings. The van der Waals surface area contributed by atoms with Gasteiger partial charge in [0.15, 0.2) is 0 Å². The molecule has 0 aliphatic heterocycles. The van der Waals surface area contributed by atoms with E-state index in [1.807, 2.05) is 19.9 Å². The predicted octanol–water partition coefficient (Wildman–Crippen LogP) is 3.74. The lowest BCUT2D eigenvalue weighted by atomic mass is 10.1. The van der Waals surface area contributed by atoms with Gasteiger partial charge in [0.2, 0.25) is 5.78 Å². The van der Waals surface area contributed by atoms with Crippen LogP contribution in [0.5, 0.6) is 0 Å². The fraction of sp³-hybridized carbons (Fsp3) is 0.154. The molecule has 16 heavy (non-hydrogen) atoms. The summed E-state index contributed by atoms with van der Waals surface area (Å²) in [6.07, 6.45) is 0. The van der Waals surface area contributed by atoms with E-state index in [0.717, 1.165) is 15.3 Å². The first-order valence-corrected chi connectivity index (χ1v) is 5.77. The summed E-state index contributed by atoms with van der Waals surface area (Å²) in [4.78, 5) is 13.9. The number of rotatable bonds is 2. The second kappa shape index (κ2) is 4.18. The first-order chi connectivity index (χ1) is 7.58. The van der Waals surface area contributed by atoms with Gasteiger partial charge in [-0.1, -0.05) is 0 Å². The van der Waals surface area contributed by atoms with Crippen molar-refractivity contribution >= 4 is 17.1 Å². The van der Waals surface area contributed by atoms with Crippen LogP contribution in [0.15, 0.2) is 30.3 Å². The van der Waals surface area contributed by atoms with Gasteiger partial charge in [-0.25, -0.2) is 4.39 Å². The number of ketones is 1. The molecule has 1 heterocycles. The van der Waals surface area contributed by atoms with Crippen LogP contribution in [0.4, 0.5) is 4.39 Å². The molecule has 0 saturated carbocycles. The van der Waals surface area contributed by atoms with E-state index in [2.05, 4.69) is 0 Å². The Hall–Kier alpha value is -1.48. The molecule has 0 fully saturated rings. The van der Waals surface area contributed by atoms with E-state index in [0.29, 0.717) is 5.56 Å². The number of hydrogen-bond donors (Lipinski definition) is 0. The first-order valence-electron chi connectivity index (χ1n) is 4.95. The van der Waals surface area contributed by atoms with Gasteiger partial charge in [0.1, 0.15) is 5.82 Å². The average molecular weight is 234 g/mol. The van der Waals surface area contributed by atoms with Gasteiger partial charge >= 0.3 is 0 Å². The van der Waals surface area contributed by atoms with Crippen LogP contribution in [0.3, 0.4) is 0 Å². The van der Waals surface area contributed by atoms with Gasteiger partial charge in [-0.15, -0.1) is 11.3 Å². The largest absolute Gasteiger partial charge is 0.288 e. The van der Waals surface area contributed by atoms with Crippen LogP contribution in [0.2, 0.25) is 0 Å². The molecule has 0 saturated heterocycles. The fourth-order valence-electron chi connectivity index (χ4n) is 1.60. The SMILES string of the molecule is Cc1cc(C)c(C(=O)c2ccc(F)cc2)s1. The predicted molar refractivity (Wildman–Crippen MR) is 63.6 cm³/mol. The van der Waals surface area contributed by atoms with Crippen molar-refractivity contribution in [2.45, 2.75) is 13.8 Å². The lowest BCUT2D eigenvalue weighted by molar-refractivity contribution is 0.104. The van der Waals surface area contributed by atoms with E-state index in [9.17, 15) is 9.18 Å². The van der Waals surface area contributed by atoms with Crippen molar-refractivity contribution in [2.24, 2.45) is 0 Å². The van der Waals surface area contributed by atoms with E-state index in [1.54, 1.807) is 0 Å². The lowest BCUT2D eigenvalue weighted by Gasteiger charge is -1.99. The van der Waals surface area contributed by atoms with Crippen LogP contribution in [-0.2, 0) is 0 Å². The zero-order chi connectivity index (χ0) is 11.7. The van der Waals surface area contributed by atoms with Crippen molar-refractivity contribution in [1.29, 1.82) is 0 Å². The van der Waals surface area contributed by atoms with Gasteiger partial charge in [0.25, 0.3) is 0 Å². The van der Waals surface area contributed by atoms with E-state index in [4.69, 9.17) is 0 Å². The Bertz CT molecular complexity index is 525. The van der Waals surface area contributed by atoms with Crippen LogP contribution in [0, 0.1) is 19.7 Å². The zero-order valence-corrected chi connectivity index (χ0v) is 9.90. The number of halogens is 1. The molecule has 0 radical (unpaired) electrons. The second-order valence-electron chi connectivity index (χ2n) is 3.71. The van der Waals surface area contributed by atoms with Gasteiger partial charge in [0.05, 0.1) is 4.88 Å². The van der Waals surface area contributed by atoms with Crippen LogP contribution in [0.1, 0.15) is 25.7 Å². The molecule has 0 atom stereocenters. The Kier molecular flexibility index (Phi) is 2.88. The molecule has 0 amide bonds. The minimum absolute atomic E-state index is 0.0319. The molecule has 0 spiro atoms. The molecular weight excluding hydrogens is 223 g/mol.